The maximum Gasteiger partial charge on any atom is 0.449 e. The van der Waals surface area contributed by atoms with Crippen LogP contribution in [-0.2, 0) is 4.79 Å². The van der Waals surface area contributed by atoms with E-state index in [1.807, 2.05) is 19.9 Å². The number of nitrogens with zero attached hydrogens (tertiary/aromatic N) is 3. The van der Waals surface area contributed by atoms with Crippen molar-refractivity contribution in [2.24, 2.45) is 4.99 Å². The molecule has 1 rings (SSSR count). The number of alkyl halides is 3. The van der Waals surface area contributed by atoms with Crippen molar-refractivity contribution in [3.8, 4) is 6.07 Å². The lowest BCUT2D eigenvalue weighted by Crippen LogP contribution is -2.41. The van der Waals surface area contributed by atoms with E-state index in [1.165, 1.54) is 6.07 Å². The fourth-order valence-corrected chi connectivity index (χ4v) is 1.92. The largest absolute Gasteiger partial charge is 0.449 e. The second-order valence-corrected chi connectivity index (χ2v) is 5.51. The van der Waals surface area contributed by atoms with Crippen molar-refractivity contribution in [1.82, 2.24) is 4.90 Å². The Morgan fingerprint density at radius 1 is 1.42 bits per heavy atom. The van der Waals surface area contributed by atoms with Crippen molar-refractivity contribution in [2.45, 2.75) is 39.3 Å². The fraction of sp³-hybridized carbons (Fsp3) is 0.471. The normalized spacial score (nSPS) is 12.5. The SMILES string of the molecule is CCC(C)c1cc(N)c(C#N)cc1F.CN=C(N(C)C(C)=O)C(F)(F)F. The lowest BCUT2D eigenvalue weighted by molar-refractivity contribution is -0.127. The first-order valence-electron chi connectivity index (χ1n) is 7.67. The molecule has 1 unspecified atom stereocenters. The summed E-state index contributed by atoms with van der Waals surface area (Å²) in [5.41, 5.74) is 6.75. The lowest BCUT2D eigenvalue weighted by atomic mass is 9.96. The molecule has 0 aliphatic rings. The van der Waals surface area contributed by atoms with Crippen molar-refractivity contribution in [3.05, 3.63) is 29.1 Å². The van der Waals surface area contributed by atoms with Gasteiger partial charge in [0, 0.05) is 26.7 Å². The van der Waals surface area contributed by atoms with Crippen LogP contribution in [-0.4, -0.2) is 36.9 Å². The van der Waals surface area contributed by atoms with Crippen LogP contribution < -0.4 is 5.73 Å². The molecular weight excluding hydrogens is 352 g/mol. The van der Waals surface area contributed by atoms with E-state index in [0.717, 1.165) is 27.4 Å². The van der Waals surface area contributed by atoms with Gasteiger partial charge in [-0.15, -0.1) is 0 Å². The van der Waals surface area contributed by atoms with Gasteiger partial charge in [-0.2, -0.15) is 18.4 Å². The van der Waals surface area contributed by atoms with Crippen LogP contribution in [0.2, 0.25) is 0 Å². The van der Waals surface area contributed by atoms with Crippen LogP contribution in [0, 0.1) is 17.1 Å². The number of aliphatic imine (C=N–C) groups is 1. The van der Waals surface area contributed by atoms with Crippen LogP contribution in [0.15, 0.2) is 17.1 Å². The van der Waals surface area contributed by atoms with E-state index in [-0.39, 0.29) is 17.3 Å². The first-order chi connectivity index (χ1) is 11.9. The van der Waals surface area contributed by atoms with E-state index in [0.29, 0.717) is 16.2 Å². The summed E-state index contributed by atoms with van der Waals surface area (Å²) in [6.07, 6.45) is -3.72. The first-order valence-corrected chi connectivity index (χ1v) is 7.67. The van der Waals surface area contributed by atoms with Gasteiger partial charge < -0.3 is 5.73 Å². The number of nitrogens with two attached hydrogens (primary N) is 1. The number of halogens is 4. The predicted molar refractivity (Wildman–Crippen MR) is 92.1 cm³/mol. The minimum atomic E-state index is -4.57. The Balaban J connectivity index is 0.000000488. The number of amides is 1. The maximum absolute atomic E-state index is 13.4. The zero-order valence-corrected chi connectivity index (χ0v) is 15.3. The number of carbonyl (C=O) groups excluding carboxylic acids is 1. The summed E-state index contributed by atoms with van der Waals surface area (Å²) in [5, 5.41) is 8.63. The van der Waals surface area contributed by atoms with Gasteiger partial charge in [-0.3, -0.25) is 14.7 Å². The number of carbonyl (C=O) groups is 1. The Kier molecular flexibility index (Phi) is 8.76. The molecule has 144 valence electrons. The molecule has 0 heterocycles. The van der Waals surface area contributed by atoms with E-state index in [9.17, 15) is 22.4 Å². The monoisotopic (exact) mass is 374 g/mol. The van der Waals surface area contributed by atoms with Crippen LogP contribution in [0.3, 0.4) is 0 Å². The van der Waals surface area contributed by atoms with Crippen molar-refractivity contribution in [2.75, 3.05) is 19.8 Å². The highest BCUT2D eigenvalue weighted by Gasteiger charge is 2.39. The average Bonchev–Trinajstić information content (AvgIpc) is 2.55. The third-order valence-electron chi connectivity index (χ3n) is 3.69. The minimum absolute atomic E-state index is 0.130. The van der Waals surface area contributed by atoms with E-state index in [4.69, 9.17) is 11.0 Å². The highest BCUT2D eigenvalue weighted by atomic mass is 19.4. The zero-order valence-electron chi connectivity index (χ0n) is 15.3. The summed E-state index contributed by atoms with van der Waals surface area (Å²) in [4.78, 5) is 14.0. The van der Waals surface area contributed by atoms with Gasteiger partial charge in [0.15, 0.2) is 0 Å². The molecule has 1 aromatic rings. The summed E-state index contributed by atoms with van der Waals surface area (Å²) < 4.78 is 49.5. The topological polar surface area (TPSA) is 82.5 Å². The minimum Gasteiger partial charge on any atom is -0.398 e. The number of nitrogen functional groups attached to an aromatic ring is 1. The quantitative estimate of drug-likeness (QED) is 0.369. The molecular formula is C17H22F4N4O. The average molecular weight is 374 g/mol. The van der Waals surface area contributed by atoms with Crippen molar-refractivity contribution >= 4 is 17.4 Å². The summed E-state index contributed by atoms with van der Waals surface area (Å²) >= 11 is 0. The Bertz CT molecular complexity index is 708. The van der Waals surface area contributed by atoms with Crippen molar-refractivity contribution < 1.29 is 22.4 Å². The van der Waals surface area contributed by atoms with Crippen LogP contribution in [0.1, 0.15) is 44.2 Å². The molecule has 1 atom stereocenters. The molecule has 0 aliphatic heterocycles. The second kappa shape index (κ2) is 9.75. The molecule has 0 aromatic heterocycles. The molecule has 2 N–H and O–H groups in total. The number of benzene rings is 1. The highest BCUT2D eigenvalue weighted by molar-refractivity contribution is 5.99. The van der Waals surface area contributed by atoms with Gasteiger partial charge in [0.25, 0.3) is 0 Å². The first kappa shape index (κ1) is 23.4. The predicted octanol–water partition coefficient (Wildman–Crippen LogP) is 3.85. The summed E-state index contributed by atoms with van der Waals surface area (Å²) in [6.45, 7) is 4.96. The molecule has 0 bridgehead atoms. The van der Waals surface area contributed by atoms with Crippen LogP contribution in [0.4, 0.5) is 23.2 Å². The smallest absolute Gasteiger partial charge is 0.398 e. The molecule has 0 aliphatic carbocycles. The van der Waals surface area contributed by atoms with Gasteiger partial charge in [0.2, 0.25) is 11.7 Å². The Labute approximate surface area is 150 Å². The van der Waals surface area contributed by atoms with Gasteiger partial charge in [0.05, 0.1) is 5.56 Å². The fourth-order valence-electron chi connectivity index (χ4n) is 1.92. The van der Waals surface area contributed by atoms with Crippen LogP contribution in [0.5, 0.6) is 0 Å². The van der Waals surface area contributed by atoms with Gasteiger partial charge in [-0.1, -0.05) is 13.8 Å². The maximum atomic E-state index is 13.4. The zero-order chi connectivity index (χ0) is 20.7. The Hall–Kier alpha value is -2.63. The number of rotatable bonds is 2. The third-order valence-corrected chi connectivity index (χ3v) is 3.69. The number of hydrogen-bond acceptors (Lipinski definition) is 4. The summed E-state index contributed by atoms with van der Waals surface area (Å²) in [6, 6.07) is 4.62. The highest BCUT2D eigenvalue weighted by Crippen LogP contribution is 2.26. The van der Waals surface area contributed by atoms with Crippen molar-refractivity contribution in [3.63, 3.8) is 0 Å². The van der Waals surface area contributed by atoms with Gasteiger partial charge >= 0.3 is 6.18 Å². The molecule has 9 heteroatoms. The molecule has 0 fully saturated rings. The lowest BCUT2D eigenvalue weighted by Gasteiger charge is -2.18. The van der Waals surface area contributed by atoms with Crippen molar-refractivity contribution in [1.29, 1.82) is 5.26 Å². The van der Waals surface area contributed by atoms with Gasteiger partial charge in [-0.05, 0) is 30.0 Å². The number of hydrogen-bond donors (Lipinski definition) is 1. The summed E-state index contributed by atoms with van der Waals surface area (Å²) in [5.74, 6) is -2.10. The molecule has 5 nitrogen and oxygen atoms in total. The molecule has 0 saturated carbocycles. The van der Waals surface area contributed by atoms with E-state index < -0.39 is 17.9 Å². The molecule has 0 radical (unpaired) electrons. The standard InChI is InChI=1S/C11H13FN2.C6H9F3N2O/c1-3-7(2)9-5-11(14)8(6-13)4-10(9)12;1-4(12)11(3)5(10-2)6(7,8)9/h4-5,7H,3,14H2,1-2H3;1-3H3. The third kappa shape index (κ3) is 6.35. The van der Waals surface area contributed by atoms with E-state index >= 15 is 0 Å². The summed E-state index contributed by atoms with van der Waals surface area (Å²) in [7, 11) is 2.01. The molecule has 0 spiro atoms. The number of nitriles is 1. The van der Waals surface area contributed by atoms with E-state index in [1.54, 1.807) is 6.07 Å². The van der Waals surface area contributed by atoms with Crippen LogP contribution in [0.25, 0.3) is 0 Å². The molecule has 26 heavy (non-hydrogen) atoms. The number of anilines is 1. The van der Waals surface area contributed by atoms with Gasteiger partial charge in [-0.25, -0.2) is 4.39 Å². The second-order valence-electron chi connectivity index (χ2n) is 5.51. The van der Waals surface area contributed by atoms with Crippen LogP contribution >= 0.6 is 0 Å². The molecule has 1 amide bonds. The molecule has 0 saturated heterocycles. The molecule has 1 aromatic carbocycles. The van der Waals surface area contributed by atoms with E-state index in [2.05, 4.69) is 4.99 Å². The van der Waals surface area contributed by atoms with Gasteiger partial charge in [0.1, 0.15) is 11.9 Å². The number of amidine groups is 1. The Morgan fingerprint density at radius 2 is 1.96 bits per heavy atom. The Morgan fingerprint density at radius 3 is 2.27 bits per heavy atom.